The normalized spacial score (nSPS) is 16.3. The zero-order valence-electron chi connectivity index (χ0n) is 14.3. The van der Waals surface area contributed by atoms with Crippen molar-refractivity contribution < 1.29 is 4.74 Å². The molecule has 1 aromatic carbocycles. The molecule has 0 unspecified atom stereocenters. The van der Waals surface area contributed by atoms with Crippen LogP contribution in [-0.4, -0.2) is 42.2 Å². The van der Waals surface area contributed by atoms with E-state index in [-0.39, 0.29) is 11.0 Å². The highest BCUT2D eigenvalue weighted by molar-refractivity contribution is 7.09. The molecule has 1 fully saturated rings. The molecule has 0 radical (unpaired) electrons. The molecule has 0 spiro atoms. The average molecular weight is 347 g/mol. The molecular weight excluding hydrogens is 322 g/mol. The van der Waals surface area contributed by atoms with E-state index in [1.165, 1.54) is 11.3 Å². The molecule has 2 N–H and O–H groups in total. The van der Waals surface area contributed by atoms with Crippen LogP contribution in [-0.2, 0) is 6.54 Å². The minimum atomic E-state index is 0.00968. The molecule has 0 amide bonds. The van der Waals surface area contributed by atoms with Crippen LogP contribution < -0.4 is 14.9 Å². The highest BCUT2D eigenvalue weighted by Crippen LogP contribution is 2.27. The zero-order chi connectivity index (χ0) is 16.9. The summed E-state index contributed by atoms with van der Waals surface area (Å²) in [4.78, 5) is 18.5. The van der Waals surface area contributed by atoms with E-state index in [4.69, 9.17) is 4.74 Å². The number of ether oxygens (including phenoxy) is 1. The van der Waals surface area contributed by atoms with Crippen LogP contribution in [0.25, 0.3) is 11.3 Å². The SMILES string of the molecule is CC(C)Oc1ccc(-c2[nH]c(=O)sc2CN2CCCNCC2)cc1. The molecule has 2 heterocycles. The molecule has 24 heavy (non-hydrogen) atoms. The number of aromatic nitrogens is 1. The molecule has 0 saturated carbocycles. The molecule has 0 aliphatic carbocycles. The maximum atomic E-state index is 11.9. The Balaban J connectivity index is 1.79. The molecule has 0 bridgehead atoms. The van der Waals surface area contributed by atoms with Crippen molar-refractivity contribution in [3.05, 3.63) is 38.8 Å². The Labute approximate surface area is 146 Å². The van der Waals surface area contributed by atoms with E-state index < -0.39 is 0 Å². The van der Waals surface area contributed by atoms with Gasteiger partial charge in [-0.2, -0.15) is 0 Å². The predicted molar refractivity (Wildman–Crippen MR) is 98.9 cm³/mol. The summed E-state index contributed by atoms with van der Waals surface area (Å²) in [6.07, 6.45) is 1.31. The van der Waals surface area contributed by atoms with E-state index in [2.05, 4.69) is 15.2 Å². The van der Waals surface area contributed by atoms with E-state index >= 15 is 0 Å². The maximum Gasteiger partial charge on any atom is 0.305 e. The predicted octanol–water partition coefficient (Wildman–Crippen LogP) is 2.69. The van der Waals surface area contributed by atoms with Gasteiger partial charge in [0.1, 0.15) is 5.75 Å². The standard InChI is InChI=1S/C18H25N3O2S/c1-13(2)23-15-6-4-14(5-7-15)17-16(24-18(22)20-17)12-21-10-3-8-19-9-11-21/h4-7,13,19H,3,8-12H2,1-2H3,(H,20,22). The Kier molecular flexibility index (Phi) is 5.71. The molecule has 3 rings (SSSR count). The molecule has 1 aliphatic heterocycles. The van der Waals surface area contributed by atoms with Gasteiger partial charge < -0.3 is 15.0 Å². The highest BCUT2D eigenvalue weighted by atomic mass is 32.1. The van der Waals surface area contributed by atoms with Crippen molar-refractivity contribution in [2.24, 2.45) is 0 Å². The minimum absolute atomic E-state index is 0.00968. The number of nitrogens with zero attached hydrogens (tertiary/aromatic N) is 1. The Hall–Kier alpha value is -1.63. The lowest BCUT2D eigenvalue weighted by atomic mass is 10.1. The van der Waals surface area contributed by atoms with Crippen molar-refractivity contribution in [3.8, 4) is 17.0 Å². The van der Waals surface area contributed by atoms with Gasteiger partial charge in [0.2, 0.25) is 0 Å². The summed E-state index contributed by atoms with van der Waals surface area (Å²) in [5, 5.41) is 3.41. The first kappa shape index (κ1) is 17.2. The van der Waals surface area contributed by atoms with Gasteiger partial charge in [0, 0.05) is 24.5 Å². The van der Waals surface area contributed by atoms with Crippen LogP contribution in [0.1, 0.15) is 25.1 Å². The van der Waals surface area contributed by atoms with Crippen LogP contribution in [0.4, 0.5) is 0 Å². The first-order valence-corrected chi connectivity index (χ1v) is 9.35. The molecule has 1 saturated heterocycles. The second-order valence-electron chi connectivity index (χ2n) is 6.38. The van der Waals surface area contributed by atoms with Gasteiger partial charge in [0.15, 0.2) is 0 Å². The van der Waals surface area contributed by atoms with Crippen LogP contribution >= 0.6 is 11.3 Å². The van der Waals surface area contributed by atoms with Crippen LogP contribution in [0.3, 0.4) is 0 Å². The first-order valence-electron chi connectivity index (χ1n) is 8.54. The summed E-state index contributed by atoms with van der Waals surface area (Å²) < 4.78 is 5.69. The second kappa shape index (κ2) is 7.96. The number of aromatic amines is 1. The van der Waals surface area contributed by atoms with Gasteiger partial charge in [-0.3, -0.25) is 9.69 Å². The molecule has 1 aliphatic rings. The highest BCUT2D eigenvalue weighted by Gasteiger charge is 2.15. The monoisotopic (exact) mass is 347 g/mol. The van der Waals surface area contributed by atoms with E-state index in [1.807, 2.05) is 38.1 Å². The topological polar surface area (TPSA) is 57.4 Å². The molecule has 5 nitrogen and oxygen atoms in total. The maximum absolute atomic E-state index is 11.9. The van der Waals surface area contributed by atoms with Gasteiger partial charge in [-0.15, -0.1) is 0 Å². The largest absolute Gasteiger partial charge is 0.491 e. The fraction of sp³-hybridized carbons (Fsp3) is 0.500. The smallest absolute Gasteiger partial charge is 0.305 e. The van der Waals surface area contributed by atoms with E-state index in [0.29, 0.717) is 0 Å². The van der Waals surface area contributed by atoms with Gasteiger partial charge in [0.25, 0.3) is 0 Å². The summed E-state index contributed by atoms with van der Waals surface area (Å²) >= 11 is 1.32. The lowest BCUT2D eigenvalue weighted by Gasteiger charge is -2.19. The number of benzene rings is 1. The first-order chi connectivity index (χ1) is 11.6. The molecule has 6 heteroatoms. The number of hydrogen-bond acceptors (Lipinski definition) is 5. The fourth-order valence-corrected chi connectivity index (χ4v) is 3.83. The van der Waals surface area contributed by atoms with E-state index in [0.717, 1.165) is 61.0 Å². The van der Waals surface area contributed by atoms with Gasteiger partial charge in [0.05, 0.1) is 11.8 Å². The molecular formula is C18H25N3O2S. The van der Waals surface area contributed by atoms with Crippen LogP contribution in [0.5, 0.6) is 5.75 Å². The quantitative estimate of drug-likeness (QED) is 0.873. The number of nitrogens with one attached hydrogen (secondary N) is 2. The molecule has 1 aromatic heterocycles. The number of rotatable bonds is 5. The fourth-order valence-electron chi connectivity index (χ4n) is 2.94. The van der Waals surface area contributed by atoms with Gasteiger partial charge in [-0.05, 0) is 63.2 Å². The van der Waals surface area contributed by atoms with Crippen molar-refractivity contribution >= 4 is 11.3 Å². The van der Waals surface area contributed by atoms with Crippen LogP contribution in [0, 0.1) is 0 Å². The summed E-state index contributed by atoms with van der Waals surface area (Å²) in [5.74, 6) is 0.853. The number of thiazole rings is 1. The van der Waals surface area contributed by atoms with Crippen molar-refractivity contribution in [3.63, 3.8) is 0 Å². The van der Waals surface area contributed by atoms with Gasteiger partial charge in [-0.1, -0.05) is 11.3 Å². The van der Waals surface area contributed by atoms with Crippen LogP contribution in [0.2, 0.25) is 0 Å². The Bertz CT molecular complexity index is 698. The average Bonchev–Trinajstić information content (AvgIpc) is 2.74. The van der Waals surface area contributed by atoms with Crippen molar-refractivity contribution in [1.82, 2.24) is 15.2 Å². The third-order valence-corrected chi connectivity index (χ3v) is 4.90. The van der Waals surface area contributed by atoms with Gasteiger partial charge in [-0.25, -0.2) is 0 Å². The lowest BCUT2D eigenvalue weighted by molar-refractivity contribution is 0.242. The zero-order valence-corrected chi connectivity index (χ0v) is 15.1. The summed E-state index contributed by atoms with van der Waals surface area (Å²) in [6.45, 7) is 9.02. The number of hydrogen-bond donors (Lipinski definition) is 2. The minimum Gasteiger partial charge on any atom is -0.491 e. The third kappa shape index (κ3) is 4.47. The Morgan fingerprint density at radius 1 is 1.21 bits per heavy atom. The second-order valence-corrected chi connectivity index (χ2v) is 7.45. The lowest BCUT2D eigenvalue weighted by Crippen LogP contribution is -2.27. The molecule has 130 valence electrons. The van der Waals surface area contributed by atoms with E-state index in [9.17, 15) is 4.79 Å². The van der Waals surface area contributed by atoms with Gasteiger partial charge >= 0.3 is 4.87 Å². The van der Waals surface area contributed by atoms with E-state index in [1.54, 1.807) is 0 Å². The molecule has 2 aromatic rings. The number of H-pyrrole nitrogens is 1. The van der Waals surface area contributed by atoms with Crippen molar-refractivity contribution in [1.29, 1.82) is 0 Å². The van der Waals surface area contributed by atoms with Crippen LogP contribution in [0.15, 0.2) is 29.1 Å². The molecule has 0 atom stereocenters. The summed E-state index contributed by atoms with van der Waals surface area (Å²) in [6, 6.07) is 7.96. The Morgan fingerprint density at radius 2 is 2.00 bits per heavy atom. The summed E-state index contributed by atoms with van der Waals surface area (Å²) in [5.41, 5.74) is 1.98. The van der Waals surface area contributed by atoms with Crippen molar-refractivity contribution in [2.75, 3.05) is 26.2 Å². The third-order valence-electron chi connectivity index (χ3n) is 4.04. The Morgan fingerprint density at radius 3 is 2.75 bits per heavy atom. The summed E-state index contributed by atoms with van der Waals surface area (Å²) in [7, 11) is 0. The van der Waals surface area contributed by atoms with Crippen molar-refractivity contribution in [2.45, 2.75) is 32.9 Å².